The maximum atomic E-state index is 11.2. The van der Waals surface area contributed by atoms with Gasteiger partial charge in [-0.1, -0.05) is 65.0 Å². The van der Waals surface area contributed by atoms with Crippen LogP contribution >= 0.6 is 64.2 Å². The molecular formula is C90H129Br2N4OPS2. The Labute approximate surface area is 635 Å². The van der Waals surface area contributed by atoms with Gasteiger partial charge >= 0.3 is 0 Å². The van der Waals surface area contributed by atoms with Crippen LogP contribution in [0.4, 0.5) is 0 Å². The minimum absolute atomic E-state index is 0.173. The lowest BCUT2D eigenvalue weighted by molar-refractivity contribution is -0.233. The van der Waals surface area contributed by atoms with Gasteiger partial charge in [0.25, 0.3) is 0 Å². The number of nitrogens with zero attached hydrogens (tertiary/aromatic N) is 1. The molecule has 34 fully saturated rings. The summed E-state index contributed by atoms with van der Waals surface area (Å²) in [5, 5.41) is 11.5. The van der Waals surface area contributed by atoms with Crippen molar-refractivity contribution in [3.63, 3.8) is 0 Å². The number of rotatable bonds is 8. The highest BCUT2D eigenvalue weighted by Crippen LogP contribution is 2.81. The molecule has 0 spiro atoms. The van der Waals surface area contributed by atoms with E-state index in [9.17, 15) is 4.79 Å². The van der Waals surface area contributed by atoms with E-state index in [1.165, 1.54) is 199 Å². The van der Waals surface area contributed by atoms with Crippen LogP contribution in [0.25, 0.3) is 0 Å². The normalized spacial score (nSPS) is 58.4. The first-order valence-corrected chi connectivity index (χ1v) is 47.5. The minimum atomic E-state index is 0.173. The number of unbranched alkanes of at least 4 members (excludes halogenated alkanes) is 1. The number of nitrogens with two attached hydrogens (primary N) is 1. The third-order valence-electron chi connectivity index (χ3n) is 37.7. The number of aliphatic imine (C=N–C) groups is 1. The van der Waals surface area contributed by atoms with Crippen LogP contribution in [-0.4, -0.2) is 57.9 Å². The Bertz CT molecular complexity index is 2880. The molecule has 0 unspecified atom stereocenters. The van der Waals surface area contributed by atoms with Gasteiger partial charge < -0.3 is 16.4 Å². The fraction of sp³-hybridized carbons (Fsp3) is 0.922. The zero-order valence-corrected chi connectivity index (χ0v) is 67.7. The van der Waals surface area contributed by atoms with Crippen molar-refractivity contribution in [1.29, 1.82) is 0 Å². The lowest BCUT2D eigenvalue weighted by atomic mass is 9.31. The van der Waals surface area contributed by atoms with E-state index in [2.05, 4.69) is 71.4 Å². The highest BCUT2D eigenvalue weighted by atomic mass is 79.9. The van der Waals surface area contributed by atoms with Gasteiger partial charge in [-0.05, 0) is 477 Å². The number of halogens is 2. The molecular weight excluding hydrogens is 1410 g/mol. The van der Waals surface area contributed by atoms with Gasteiger partial charge in [0.2, 0.25) is 5.91 Å². The standard InChI is InChI=1S/C24H39P.C18H20.C14H18Br2.C12H19NO.C11H18N2S.C11H15NS/c1-2-3-4-25(23-11-17-5-18(12-23)7-19(6-17)13-23)24-14-20-8-21(15-24)10-22(9-20)16-24;1-3-17-5-11-14-8-18(4-2)9-15(11)13(7-17)16(10-18)12(14)6-17;15-13-1-7-8-4-14(16)5-9(7)11(3-13)12(6-14)10(8)2-13;1-8(14)13-12-5-9-2-10(6-12)4-11(3-9)7-12;12-10(14)13-11-4-7-1-8(5-11)3-9(2-7)6-11;13-7-12-11-4-8-1-9(5-11)3-10(2-8)6-11/h17-22H,2-16H2,1H3;1-2,11-16H,5-10H2;7-12H,1-6H2;9-11H,2-7H2,1H3,(H,13,14);7-9H,1-6H2,(H3,12,13,14);8-10H,1-6H2. The number of carbonyl (C=O) groups is 1. The van der Waals surface area contributed by atoms with Crippen molar-refractivity contribution >= 4 is 80.4 Å². The predicted octanol–water partition coefficient (Wildman–Crippen LogP) is 21.8. The van der Waals surface area contributed by atoms with Crippen LogP contribution in [0.2, 0.25) is 0 Å². The number of hydrogen-bond donors (Lipinski definition) is 3. The number of hydrogen-bond acceptors (Lipinski definition) is 4. The molecule has 5 nitrogen and oxygen atoms in total. The number of isothiocyanates is 1. The van der Waals surface area contributed by atoms with Gasteiger partial charge in [0.15, 0.2) is 5.11 Å². The molecule has 34 rings (SSSR count). The van der Waals surface area contributed by atoms with E-state index in [0.29, 0.717) is 30.1 Å². The van der Waals surface area contributed by atoms with Crippen molar-refractivity contribution in [2.24, 2.45) is 181 Å². The van der Waals surface area contributed by atoms with Crippen LogP contribution < -0.4 is 16.4 Å². The Balaban J connectivity index is 0.0000000822. The first-order valence-electron chi connectivity index (χ1n) is 43.6. The summed E-state index contributed by atoms with van der Waals surface area (Å²) in [6.45, 7) is 4.12. The average molecular weight is 1540 g/mol. The largest absolute Gasteiger partial charge is 0.376 e. The summed E-state index contributed by atoms with van der Waals surface area (Å²) >= 11 is 18.0. The molecule has 10 heteroatoms. The molecule has 34 aliphatic carbocycles. The fourth-order valence-corrected chi connectivity index (χ4v) is 45.7. The Morgan fingerprint density at radius 3 is 0.890 bits per heavy atom. The van der Waals surface area contributed by atoms with Gasteiger partial charge in [0.05, 0.1) is 10.7 Å². The molecule has 0 atom stereocenters. The third-order valence-corrected chi connectivity index (χ3v) is 44.0. The van der Waals surface area contributed by atoms with E-state index in [4.69, 9.17) is 43.0 Å². The van der Waals surface area contributed by atoms with Gasteiger partial charge in [-0.25, -0.2) is 4.99 Å². The molecule has 36 bridgehead atoms. The lowest BCUT2D eigenvalue weighted by Gasteiger charge is -2.73. The molecule has 0 radical (unpaired) electrons. The quantitative estimate of drug-likeness (QED) is 0.0742. The lowest BCUT2D eigenvalue weighted by Crippen LogP contribution is -2.68. The van der Waals surface area contributed by atoms with E-state index < -0.39 is 0 Å². The molecule has 0 aromatic rings. The predicted molar refractivity (Wildman–Crippen MR) is 423 cm³/mol. The molecule has 4 N–H and O–H groups in total. The molecule has 546 valence electrons. The third kappa shape index (κ3) is 11.7. The number of terminal acetylenes is 2. The molecule has 34 aliphatic rings. The Morgan fingerprint density at radius 1 is 0.420 bits per heavy atom. The highest BCUT2D eigenvalue weighted by molar-refractivity contribution is 9.10. The summed E-state index contributed by atoms with van der Waals surface area (Å²) in [7, 11) is 0.285. The van der Waals surface area contributed by atoms with Crippen molar-refractivity contribution in [3.8, 4) is 24.7 Å². The average Bonchev–Trinajstić information content (AvgIpc) is 0.684. The first kappa shape index (κ1) is 68.7. The number of nitrogens with one attached hydrogen (secondary N) is 2. The van der Waals surface area contributed by atoms with Crippen LogP contribution in [0.15, 0.2) is 4.99 Å². The van der Waals surface area contributed by atoms with E-state index in [0.717, 1.165) is 170 Å². The molecule has 0 aromatic carbocycles. The van der Waals surface area contributed by atoms with Crippen molar-refractivity contribution in [2.45, 2.75) is 332 Å². The number of amides is 1. The van der Waals surface area contributed by atoms with Crippen LogP contribution in [-0.2, 0) is 4.79 Å². The summed E-state index contributed by atoms with van der Waals surface area (Å²) < 4.78 is 1.17. The van der Waals surface area contributed by atoms with Gasteiger partial charge in [-0.3, -0.25) is 4.79 Å². The number of carbonyl (C=O) groups excluding carboxylic acids is 1. The van der Waals surface area contributed by atoms with Crippen LogP contribution in [0, 0.1) is 195 Å². The SMILES string of the molecule is BrC12CC3C4CC5(Br)CC3C(C1)C(C5)C4C2.C#CC12CC3C4CC5(C#C)CC3C(C1)C(C5)C4C2.CC(=O)NC12CC3CC(CC(C3)C1)C2.CCCCP(C12CC3CC(CC(C3)C1)C2)C12CC3CC(CC(C3)C1)C2.NC(=S)NC12CC3CC(CC(C3)C1)C2.S=C=NC12CC3CC(CC(C3)C1)C2. The summed E-state index contributed by atoms with van der Waals surface area (Å²) in [4.78, 5) is 15.7. The molecule has 0 heterocycles. The van der Waals surface area contributed by atoms with Crippen LogP contribution in [0.5, 0.6) is 0 Å². The number of alkyl halides is 2. The monoisotopic (exact) mass is 1530 g/mol. The van der Waals surface area contributed by atoms with Gasteiger partial charge in [-0.15, -0.1) is 12.8 Å². The van der Waals surface area contributed by atoms with Gasteiger partial charge in [-0.2, -0.15) is 0 Å². The Hall–Kier alpha value is -0.530. The van der Waals surface area contributed by atoms with E-state index >= 15 is 0 Å². The van der Waals surface area contributed by atoms with Crippen molar-refractivity contribution < 1.29 is 4.79 Å². The first-order chi connectivity index (χ1) is 48.0. The summed E-state index contributed by atoms with van der Waals surface area (Å²) in [5.41, 5.74) is 7.03. The topological polar surface area (TPSA) is 79.5 Å². The molecule has 0 aromatic heterocycles. The molecule has 0 aliphatic heterocycles. The number of thiocarbonyl (C=S) groups is 2. The zero-order valence-electron chi connectivity index (χ0n) is 62.0. The highest BCUT2D eigenvalue weighted by Gasteiger charge is 2.72. The molecule has 1 amide bonds. The second-order valence-corrected chi connectivity index (χ2v) is 51.5. The molecule has 34 saturated carbocycles. The van der Waals surface area contributed by atoms with Crippen LogP contribution in [0.1, 0.15) is 296 Å². The van der Waals surface area contributed by atoms with Crippen molar-refractivity contribution in [1.82, 2.24) is 10.6 Å². The Kier molecular flexibility index (Phi) is 17.0. The smallest absolute Gasteiger partial charge is 0.217 e. The van der Waals surface area contributed by atoms with Crippen molar-refractivity contribution in [2.75, 3.05) is 6.16 Å². The summed E-state index contributed by atoms with van der Waals surface area (Å²) in [6.07, 6.45) is 78.3. The van der Waals surface area contributed by atoms with Gasteiger partial charge in [0, 0.05) is 37.5 Å². The molecule has 0 saturated heterocycles. The van der Waals surface area contributed by atoms with Gasteiger partial charge in [0.1, 0.15) is 0 Å². The fourth-order valence-electron chi connectivity index (χ4n) is 37.6. The van der Waals surface area contributed by atoms with Crippen LogP contribution in [0.3, 0.4) is 0 Å². The molecule has 100 heavy (non-hydrogen) atoms. The van der Waals surface area contributed by atoms with E-state index in [-0.39, 0.29) is 24.9 Å². The minimum Gasteiger partial charge on any atom is -0.376 e. The summed E-state index contributed by atoms with van der Waals surface area (Å²) in [6, 6.07) is 0. The Morgan fingerprint density at radius 2 is 0.660 bits per heavy atom. The summed E-state index contributed by atoms with van der Waals surface area (Å²) in [5.74, 6) is 34.4. The second-order valence-electron chi connectivity index (χ2n) is 44.3. The van der Waals surface area contributed by atoms with E-state index in [1.807, 2.05) is 0 Å². The second kappa shape index (κ2) is 24.7. The van der Waals surface area contributed by atoms with Crippen molar-refractivity contribution in [3.05, 3.63) is 0 Å². The van der Waals surface area contributed by atoms with E-state index in [1.54, 1.807) is 96.6 Å². The maximum absolute atomic E-state index is 11.2. The zero-order chi connectivity index (χ0) is 67.9. The maximum Gasteiger partial charge on any atom is 0.217 e.